The summed E-state index contributed by atoms with van der Waals surface area (Å²) >= 11 is 12.7. The van der Waals surface area contributed by atoms with Gasteiger partial charge in [0.15, 0.2) is 0 Å². The standard InChI is InChI=1S/C25H27Cl2N5O4/c1-3-29-13-17(12-28)23(33)32-25(8-9-30-15-25)24(34)31-14-16-4-5-19(11-20(16)26)36-22-7-6-18(35-2)10-21(22)27/h3-7,10-13,30H,1,8-9,14-15,28H2,2H3,(H,31,34)(H,32,33)/b17-12+,29-13?. The fourth-order valence-electron chi connectivity index (χ4n) is 3.55. The molecule has 0 aliphatic carbocycles. The highest BCUT2D eigenvalue weighted by molar-refractivity contribution is 6.32. The van der Waals surface area contributed by atoms with E-state index >= 15 is 0 Å². The van der Waals surface area contributed by atoms with Gasteiger partial charge >= 0.3 is 0 Å². The molecule has 36 heavy (non-hydrogen) atoms. The van der Waals surface area contributed by atoms with Crippen LogP contribution >= 0.6 is 23.2 Å². The summed E-state index contributed by atoms with van der Waals surface area (Å²) in [5.41, 5.74) is 5.18. The lowest BCUT2D eigenvalue weighted by molar-refractivity contribution is -0.131. The first-order valence-electron chi connectivity index (χ1n) is 11.0. The predicted octanol–water partition coefficient (Wildman–Crippen LogP) is 3.32. The zero-order valence-corrected chi connectivity index (χ0v) is 21.2. The van der Waals surface area contributed by atoms with Crippen LogP contribution < -0.4 is 31.2 Å². The Morgan fingerprint density at radius 1 is 1.22 bits per heavy atom. The molecule has 0 saturated carbocycles. The first-order valence-corrected chi connectivity index (χ1v) is 11.7. The molecule has 5 N–H and O–H groups in total. The van der Waals surface area contributed by atoms with Crippen LogP contribution in [0.25, 0.3) is 0 Å². The molecule has 0 spiro atoms. The lowest BCUT2D eigenvalue weighted by Crippen LogP contribution is -2.60. The minimum absolute atomic E-state index is 0.115. The number of carbonyl (C=O) groups is 2. The smallest absolute Gasteiger partial charge is 0.255 e. The molecule has 1 atom stereocenters. The maximum Gasteiger partial charge on any atom is 0.255 e. The molecule has 1 saturated heterocycles. The monoisotopic (exact) mass is 531 g/mol. The Hall–Kier alpha value is -3.53. The van der Waals surface area contributed by atoms with Crippen molar-refractivity contribution in [3.05, 3.63) is 76.6 Å². The lowest BCUT2D eigenvalue weighted by atomic mass is 9.96. The maximum absolute atomic E-state index is 13.2. The molecule has 1 aliphatic rings. The second-order valence-electron chi connectivity index (χ2n) is 7.88. The Bertz CT molecular complexity index is 1190. The van der Waals surface area contributed by atoms with Gasteiger partial charge in [0.25, 0.3) is 5.91 Å². The highest BCUT2D eigenvalue weighted by Gasteiger charge is 2.42. The summed E-state index contributed by atoms with van der Waals surface area (Å²) in [5.74, 6) is 0.680. The first-order chi connectivity index (χ1) is 17.3. The van der Waals surface area contributed by atoms with Crippen LogP contribution in [0.2, 0.25) is 10.0 Å². The van der Waals surface area contributed by atoms with Gasteiger partial charge in [-0.2, -0.15) is 0 Å². The summed E-state index contributed by atoms with van der Waals surface area (Å²) in [6.45, 7) is 4.45. The quantitative estimate of drug-likeness (QED) is 0.275. The van der Waals surface area contributed by atoms with Gasteiger partial charge in [-0.15, -0.1) is 0 Å². The first kappa shape index (κ1) is 27.1. The number of hydrogen-bond acceptors (Lipinski definition) is 7. The third kappa shape index (κ3) is 6.57. The van der Waals surface area contributed by atoms with E-state index in [2.05, 4.69) is 27.5 Å². The van der Waals surface area contributed by atoms with E-state index in [1.807, 2.05) is 0 Å². The predicted molar refractivity (Wildman–Crippen MR) is 141 cm³/mol. The van der Waals surface area contributed by atoms with E-state index in [1.54, 1.807) is 43.5 Å². The van der Waals surface area contributed by atoms with Gasteiger partial charge in [-0.25, -0.2) is 0 Å². The van der Waals surface area contributed by atoms with Crippen LogP contribution in [-0.2, 0) is 16.1 Å². The zero-order chi connectivity index (χ0) is 26.1. The number of nitrogens with one attached hydrogen (secondary N) is 3. The van der Waals surface area contributed by atoms with Gasteiger partial charge in [0.1, 0.15) is 22.8 Å². The molecule has 2 amide bonds. The summed E-state index contributed by atoms with van der Waals surface area (Å²) in [7, 11) is 1.55. The number of carbonyl (C=O) groups excluding carboxylic acids is 2. The van der Waals surface area contributed by atoms with Crippen LogP contribution in [0.5, 0.6) is 17.2 Å². The summed E-state index contributed by atoms with van der Waals surface area (Å²) in [4.78, 5) is 29.6. The number of methoxy groups -OCH3 is 1. The average Bonchev–Trinajstić information content (AvgIpc) is 3.34. The molecule has 0 bridgehead atoms. The molecule has 11 heteroatoms. The Balaban J connectivity index is 1.66. The largest absolute Gasteiger partial charge is 0.497 e. The molecule has 1 fully saturated rings. The number of nitrogens with zero attached hydrogens (tertiary/aromatic N) is 1. The van der Waals surface area contributed by atoms with Crippen molar-refractivity contribution in [3.8, 4) is 17.2 Å². The zero-order valence-electron chi connectivity index (χ0n) is 19.6. The van der Waals surface area contributed by atoms with Gasteiger partial charge in [-0.3, -0.25) is 14.6 Å². The molecular formula is C25H27Cl2N5O4. The molecule has 1 unspecified atom stereocenters. The van der Waals surface area contributed by atoms with E-state index in [1.165, 1.54) is 12.4 Å². The van der Waals surface area contributed by atoms with Crippen molar-refractivity contribution >= 4 is 41.2 Å². The van der Waals surface area contributed by atoms with E-state index in [0.29, 0.717) is 45.8 Å². The number of hydrogen-bond donors (Lipinski definition) is 4. The fraction of sp³-hybridized carbons (Fsp3) is 0.240. The summed E-state index contributed by atoms with van der Waals surface area (Å²) < 4.78 is 11.0. The third-order valence-corrected chi connectivity index (χ3v) is 6.18. The highest BCUT2D eigenvalue weighted by Crippen LogP contribution is 2.34. The third-order valence-electron chi connectivity index (χ3n) is 5.53. The molecular weight excluding hydrogens is 505 g/mol. The number of aliphatic imine (C=N–C) groups is 1. The molecule has 0 radical (unpaired) electrons. The van der Waals surface area contributed by atoms with E-state index in [9.17, 15) is 9.59 Å². The molecule has 190 valence electrons. The van der Waals surface area contributed by atoms with Gasteiger partial charge in [-0.1, -0.05) is 35.8 Å². The number of halogens is 2. The van der Waals surface area contributed by atoms with E-state index in [0.717, 1.165) is 6.20 Å². The normalized spacial score (nSPS) is 17.6. The molecule has 9 nitrogen and oxygen atoms in total. The average molecular weight is 532 g/mol. The van der Waals surface area contributed by atoms with Crippen molar-refractivity contribution in [3.63, 3.8) is 0 Å². The minimum atomic E-state index is -1.14. The van der Waals surface area contributed by atoms with Crippen LogP contribution in [0.3, 0.4) is 0 Å². The van der Waals surface area contributed by atoms with E-state index in [-0.39, 0.29) is 24.6 Å². The molecule has 2 aromatic rings. The minimum Gasteiger partial charge on any atom is -0.497 e. The topological polar surface area (TPSA) is 127 Å². The molecule has 2 aromatic carbocycles. The molecule has 1 aliphatic heterocycles. The number of nitrogens with two attached hydrogens (primary N) is 1. The van der Waals surface area contributed by atoms with Crippen LogP contribution in [0.15, 0.2) is 65.9 Å². The number of ether oxygens (including phenoxy) is 2. The Morgan fingerprint density at radius 2 is 1.97 bits per heavy atom. The number of rotatable bonds is 10. The summed E-state index contributed by atoms with van der Waals surface area (Å²) in [5, 5.41) is 9.56. The van der Waals surface area contributed by atoms with E-state index < -0.39 is 11.4 Å². The summed E-state index contributed by atoms with van der Waals surface area (Å²) in [6, 6.07) is 10.2. The van der Waals surface area contributed by atoms with Gasteiger partial charge in [0, 0.05) is 42.8 Å². The second kappa shape index (κ2) is 12.4. The van der Waals surface area contributed by atoms with Gasteiger partial charge in [0.05, 0.1) is 17.7 Å². The van der Waals surface area contributed by atoms with Crippen LogP contribution in [0.1, 0.15) is 12.0 Å². The van der Waals surface area contributed by atoms with Crippen LogP contribution in [-0.4, -0.2) is 43.8 Å². The van der Waals surface area contributed by atoms with Crippen molar-refractivity contribution < 1.29 is 19.1 Å². The molecule has 0 aromatic heterocycles. The Labute approximate surface area is 219 Å². The SMILES string of the molecule is C=CN=C/C(=C\N)C(=O)NC1(C(=O)NCc2ccc(Oc3ccc(OC)cc3Cl)cc2Cl)CCNC1. The van der Waals surface area contributed by atoms with Gasteiger partial charge in [-0.05, 0) is 42.8 Å². The number of benzene rings is 2. The number of amides is 2. The van der Waals surface area contributed by atoms with E-state index in [4.69, 9.17) is 38.4 Å². The highest BCUT2D eigenvalue weighted by atomic mass is 35.5. The van der Waals surface area contributed by atoms with Crippen molar-refractivity contribution in [2.45, 2.75) is 18.5 Å². The van der Waals surface area contributed by atoms with Crippen molar-refractivity contribution in [2.24, 2.45) is 10.7 Å². The Kier molecular flexibility index (Phi) is 9.35. The second-order valence-corrected chi connectivity index (χ2v) is 8.69. The molecule has 3 rings (SSSR count). The van der Waals surface area contributed by atoms with Crippen molar-refractivity contribution in [1.29, 1.82) is 0 Å². The lowest BCUT2D eigenvalue weighted by Gasteiger charge is -2.28. The maximum atomic E-state index is 13.2. The van der Waals surface area contributed by atoms with Gasteiger partial charge in [0.2, 0.25) is 5.91 Å². The van der Waals surface area contributed by atoms with Gasteiger partial charge < -0.3 is 31.2 Å². The van der Waals surface area contributed by atoms with Crippen LogP contribution in [0, 0.1) is 0 Å². The van der Waals surface area contributed by atoms with Crippen LogP contribution in [0.4, 0.5) is 0 Å². The van der Waals surface area contributed by atoms with Crippen molar-refractivity contribution in [1.82, 2.24) is 16.0 Å². The molecule has 1 heterocycles. The summed E-state index contributed by atoms with van der Waals surface area (Å²) in [6.07, 6.45) is 4.09. The Morgan fingerprint density at radius 3 is 2.58 bits per heavy atom. The fourth-order valence-corrected chi connectivity index (χ4v) is 3.99. The van der Waals surface area contributed by atoms with Crippen molar-refractivity contribution in [2.75, 3.05) is 20.2 Å².